The zero-order valence-electron chi connectivity index (χ0n) is 13.7. The first kappa shape index (κ1) is 18.0. The first-order chi connectivity index (χ1) is 11.2. The van der Waals surface area contributed by atoms with Gasteiger partial charge in [0.25, 0.3) is 5.91 Å². The van der Waals surface area contributed by atoms with Crippen molar-refractivity contribution in [1.82, 2.24) is 15.5 Å². The maximum absolute atomic E-state index is 12.5. The average molecular weight is 352 g/mol. The van der Waals surface area contributed by atoms with Crippen LogP contribution in [0.1, 0.15) is 28.7 Å². The van der Waals surface area contributed by atoms with E-state index >= 15 is 0 Å². The Morgan fingerprint density at radius 3 is 2.67 bits per heavy atom. The summed E-state index contributed by atoms with van der Waals surface area (Å²) in [5.41, 5.74) is 1.87. The number of H-pyrrole nitrogens is 1. The molecule has 1 heterocycles. The van der Waals surface area contributed by atoms with E-state index in [9.17, 15) is 13.2 Å². The first-order valence-corrected chi connectivity index (χ1v) is 8.78. The van der Waals surface area contributed by atoms with Crippen molar-refractivity contribution in [3.05, 3.63) is 41.2 Å². The third-order valence-corrected chi connectivity index (χ3v) is 4.31. The Labute approximate surface area is 140 Å². The maximum Gasteiger partial charge on any atom is 0.255 e. The van der Waals surface area contributed by atoms with E-state index in [2.05, 4.69) is 15.5 Å². The molecule has 8 nitrogen and oxygen atoms in total. The molecule has 130 valence electrons. The quantitative estimate of drug-likeness (QED) is 0.706. The summed E-state index contributed by atoms with van der Waals surface area (Å²) in [6, 6.07) is 5.58. The standard InChI is InChI=1S/C15H20N4O4S/c1-9(6-11-7-10(2)18-19-11)17-15(20)13-8-12(24(16,21)22)4-5-14(13)23-3/h4-5,7-9H,6H2,1-3H3,(H,17,20)(H,18,19)(H2,16,21,22). The molecule has 0 aliphatic carbocycles. The van der Waals surface area contributed by atoms with Gasteiger partial charge in [-0.05, 0) is 38.1 Å². The van der Waals surface area contributed by atoms with Crippen molar-refractivity contribution in [3.63, 3.8) is 0 Å². The lowest BCUT2D eigenvalue weighted by molar-refractivity contribution is 0.0936. The Morgan fingerprint density at radius 1 is 1.42 bits per heavy atom. The van der Waals surface area contributed by atoms with E-state index < -0.39 is 15.9 Å². The molecule has 24 heavy (non-hydrogen) atoms. The number of rotatable bonds is 6. The molecule has 1 aromatic carbocycles. The van der Waals surface area contributed by atoms with Crippen LogP contribution in [0.3, 0.4) is 0 Å². The number of ether oxygens (including phenoxy) is 1. The fraction of sp³-hybridized carbons (Fsp3) is 0.333. The van der Waals surface area contributed by atoms with Gasteiger partial charge in [-0.2, -0.15) is 5.10 Å². The van der Waals surface area contributed by atoms with Gasteiger partial charge in [0.1, 0.15) is 5.75 Å². The number of sulfonamides is 1. The fourth-order valence-corrected chi connectivity index (χ4v) is 2.83. The van der Waals surface area contributed by atoms with Gasteiger partial charge in [-0.1, -0.05) is 0 Å². The van der Waals surface area contributed by atoms with Crippen molar-refractivity contribution < 1.29 is 17.9 Å². The molecule has 1 aromatic heterocycles. The van der Waals surface area contributed by atoms with Crippen LogP contribution in [0.25, 0.3) is 0 Å². The second kappa shape index (κ2) is 7.02. The minimum Gasteiger partial charge on any atom is -0.496 e. The highest BCUT2D eigenvalue weighted by Crippen LogP contribution is 2.22. The Hall–Kier alpha value is -2.39. The van der Waals surface area contributed by atoms with Crippen molar-refractivity contribution in [2.24, 2.45) is 5.14 Å². The molecule has 1 amide bonds. The number of amides is 1. The number of carbonyl (C=O) groups excluding carboxylic acids is 1. The third-order valence-electron chi connectivity index (χ3n) is 3.40. The molecule has 0 saturated carbocycles. The van der Waals surface area contributed by atoms with Gasteiger partial charge in [0.05, 0.1) is 23.3 Å². The van der Waals surface area contributed by atoms with Gasteiger partial charge in [0, 0.05) is 18.2 Å². The van der Waals surface area contributed by atoms with Crippen molar-refractivity contribution >= 4 is 15.9 Å². The summed E-state index contributed by atoms with van der Waals surface area (Å²) in [5.74, 6) is -0.181. The van der Waals surface area contributed by atoms with Crippen LogP contribution in [0.15, 0.2) is 29.2 Å². The van der Waals surface area contributed by atoms with E-state index in [1.807, 2.05) is 19.9 Å². The summed E-state index contributed by atoms with van der Waals surface area (Å²) in [6.45, 7) is 3.72. The zero-order chi connectivity index (χ0) is 17.9. The van der Waals surface area contributed by atoms with E-state index in [1.54, 1.807) is 0 Å². The molecular formula is C15H20N4O4S. The molecule has 2 rings (SSSR count). The van der Waals surface area contributed by atoms with Gasteiger partial charge in [-0.3, -0.25) is 9.89 Å². The summed E-state index contributed by atoms with van der Waals surface area (Å²) < 4.78 is 28.1. The van der Waals surface area contributed by atoms with Crippen molar-refractivity contribution in [2.75, 3.05) is 7.11 Å². The van der Waals surface area contributed by atoms with Crippen molar-refractivity contribution in [1.29, 1.82) is 0 Å². The van der Waals surface area contributed by atoms with Crippen LogP contribution in [0.5, 0.6) is 5.75 Å². The number of hydrogen-bond donors (Lipinski definition) is 3. The van der Waals surface area contributed by atoms with Gasteiger partial charge in [-0.25, -0.2) is 13.6 Å². The fourth-order valence-electron chi connectivity index (χ4n) is 2.29. The number of nitrogens with zero attached hydrogens (tertiary/aromatic N) is 1. The molecular weight excluding hydrogens is 332 g/mol. The molecule has 0 fully saturated rings. The van der Waals surface area contributed by atoms with E-state index in [1.165, 1.54) is 25.3 Å². The van der Waals surface area contributed by atoms with Gasteiger partial charge >= 0.3 is 0 Å². The van der Waals surface area contributed by atoms with Crippen molar-refractivity contribution in [2.45, 2.75) is 31.2 Å². The van der Waals surface area contributed by atoms with Crippen LogP contribution in [-0.2, 0) is 16.4 Å². The lowest BCUT2D eigenvalue weighted by atomic mass is 10.1. The number of aromatic nitrogens is 2. The number of nitrogens with one attached hydrogen (secondary N) is 2. The largest absolute Gasteiger partial charge is 0.496 e. The monoisotopic (exact) mass is 352 g/mol. The number of benzene rings is 1. The number of hydrogen-bond acceptors (Lipinski definition) is 5. The Balaban J connectivity index is 2.18. The minimum absolute atomic E-state index is 0.106. The van der Waals surface area contributed by atoms with Gasteiger partial charge < -0.3 is 10.1 Å². The van der Waals surface area contributed by atoms with Crippen LogP contribution in [-0.4, -0.2) is 37.7 Å². The predicted octanol–water partition coefficient (Wildman–Crippen LogP) is 0.735. The number of nitrogens with two attached hydrogens (primary N) is 1. The third kappa shape index (κ3) is 4.33. The summed E-state index contributed by atoms with van der Waals surface area (Å²) in [4.78, 5) is 12.3. The summed E-state index contributed by atoms with van der Waals surface area (Å²) in [6.07, 6.45) is 0.535. The Kier molecular flexibility index (Phi) is 5.25. The zero-order valence-corrected chi connectivity index (χ0v) is 14.5. The molecule has 4 N–H and O–H groups in total. The van der Waals surface area contributed by atoms with Crippen LogP contribution >= 0.6 is 0 Å². The second-order valence-electron chi connectivity index (χ2n) is 5.53. The first-order valence-electron chi connectivity index (χ1n) is 7.23. The SMILES string of the molecule is COc1ccc(S(N)(=O)=O)cc1C(=O)NC(C)Cc1cc(C)[nH]n1. The number of primary sulfonamides is 1. The van der Waals surface area contributed by atoms with Gasteiger partial charge in [0.2, 0.25) is 10.0 Å². The molecule has 0 aliphatic heterocycles. The second-order valence-corrected chi connectivity index (χ2v) is 7.09. The highest BCUT2D eigenvalue weighted by molar-refractivity contribution is 7.89. The predicted molar refractivity (Wildman–Crippen MR) is 88.3 cm³/mol. The van der Waals surface area contributed by atoms with E-state index in [0.717, 1.165) is 11.4 Å². The Bertz CT molecular complexity index is 845. The molecule has 0 aliphatic rings. The number of aryl methyl sites for hydroxylation is 1. The van der Waals surface area contributed by atoms with Gasteiger partial charge in [0.15, 0.2) is 0 Å². The highest BCUT2D eigenvalue weighted by Gasteiger charge is 2.19. The van der Waals surface area contributed by atoms with Crippen LogP contribution in [0.4, 0.5) is 0 Å². The normalized spacial score (nSPS) is 12.7. The molecule has 1 unspecified atom stereocenters. The number of aromatic amines is 1. The Morgan fingerprint density at radius 2 is 2.12 bits per heavy atom. The smallest absolute Gasteiger partial charge is 0.255 e. The topological polar surface area (TPSA) is 127 Å². The molecule has 0 bridgehead atoms. The average Bonchev–Trinajstić information content (AvgIpc) is 2.90. The summed E-state index contributed by atoms with van der Waals surface area (Å²) in [7, 11) is -2.51. The highest BCUT2D eigenvalue weighted by atomic mass is 32.2. The summed E-state index contributed by atoms with van der Waals surface area (Å²) in [5, 5.41) is 14.9. The minimum atomic E-state index is -3.91. The molecule has 0 radical (unpaired) electrons. The summed E-state index contributed by atoms with van der Waals surface area (Å²) >= 11 is 0. The van der Waals surface area contributed by atoms with Crippen LogP contribution < -0.4 is 15.2 Å². The molecule has 0 saturated heterocycles. The van der Waals surface area contributed by atoms with E-state index in [0.29, 0.717) is 6.42 Å². The lowest BCUT2D eigenvalue weighted by Gasteiger charge is -2.15. The van der Waals surface area contributed by atoms with Crippen molar-refractivity contribution in [3.8, 4) is 5.75 Å². The van der Waals surface area contributed by atoms with Crippen LogP contribution in [0, 0.1) is 6.92 Å². The molecule has 2 aromatic rings. The van der Waals surface area contributed by atoms with E-state index in [4.69, 9.17) is 9.88 Å². The number of carbonyl (C=O) groups is 1. The van der Waals surface area contributed by atoms with E-state index in [-0.39, 0.29) is 22.3 Å². The maximum atomic E-state index is 12.5. The lowest BCUT2D eigenvalue weighted by Crippen LogP contribution is -2.34. The number of methoxy groups -OCH3 is 1. The molecule has 0 spiro atoms. The van der Waals surface area contributed by atoms with Gasteiger partial charge in [-0.15, -0.1) is 0 Å². The molecule has 1 atom stereocenters. The van der Waals surface area contributed by atoms with Crippen LogP contribution in [0.2, 0.25) is 0 Å². The molecule has 9 heteroatoms.